The van der Waals surface area contributed by atoms with Gasteiger partial charge in [0.15, 0.2) is 0 Å². The molecule has 0 atom stereocenters. The van der Waals surface area contributed by atoms with Crippen LogP contribution in [0.25, 0.3) is 0 Å². The lowest BCUT2D eigenvalue weighted by Crippen LogP contribution is -2.34. The first-order valence-electron chi connectivity index (χ1n) is 5.00. The van der Waals surface area contributed by atoms with Crippen LogP contribution in [-0.4, -0.2) is 27.8 Å². The first-order valence-corrected chi connectivity index (χ1v) is 5.00. The van der Waals surface area contributed by atoms with E-state index in [4.69, 9.17) is 10.2 Å². The fourth-order valence-corrected chi connectivity index (χ4v) is 1.91. The zero-order chi connectivity index (χ0) is 11.7. The second-order valence-corrected chi connectivity index (χ2v) is 3.82. The summed E-state index contributed by atoms with van der Waals surface area (Å²) in [5.74, 6) is -0.426. The fraction of sp³-hybridized carbons (Fsp3) is 0.364. The molecule has 1 heterocycles. The summed E-state index contributed by atoms with van der Waals surface area (Å²) in [6.45, 7) is 0.282. The molecule has 0 aromatic heterocycles. The summed E-state index contributed by atoms with van der Waals surface area (Å²) in [5, 5.41) is 17.8. The summed E-state index contributed by atoms with van der Waals surface area (Å²) in [7, 11) is 0. The van der Waals surface area contributed by atoms with Gasteiger partial charge in [-0.1, -0.05) is 0 Å². The van der Waals surface area contributed by atoms with Crippen LogP contribution in [0.1, 0.15) is 16.7 Å². The van der Waals surface area contributed by atoms with Gasteiger partial charge in [-0.2, -0.15) is 0 Å². The minimum Gasteiger partial charge on any atom is -0.465 e. The molecule has 1 aromatic rings. The highest BCUT2D eigenvalue weighted by Gasteiger charge is 2.21. The van der Waals surface area contributed by atoms with Crippen LogP contribution in [0, 0.1) is 5.82 Å². The summed E-state index contributed by atoms with van der Waals surface area (Å²) in [6.07, 6.45) is -0.454. The predicted octanol–water partition coefficient (Wildman–Crippen LogP) is 1.35. The number of benzene rings is 1. The minimum atomic E-state index is -0.972. The predicted molar refractivity (Wildman–Crippen MR) is 54.5 cm³/mol. The van der Waals surface area contributed by atoms with E-state index in [1.165, 1.54) is 11.0 Å². The van der Waals surface area contributed by atoms with Gasteiger partial charge >= 0.3 is 6.09 Å². The van der Waals surface area contributed by atoms with E-state index in [9.17, 15) is 9.18 Å². The Hall–Kier alpha value is -1.62. The second kappa shape index (κ2) is 4.09. The molecular weight excluding hydrogens is 213 g/mol. The lowest BCUT2D eigenvalue weighted by Gasteiger charge is -2.26. The molecule has 0 bridgehead atoms. The Morgan fingerprint density at radius 3 is 2.81 bits per heavy atom. The third-order valence-corrected chi connectivity index (χ3v) is 2.82. The van der Waals surface area contributed by atoms with Crippen molar-refractivity contribution in [1.82, 2.24) is 4.90 Å². The number of hydrogen-bond donors (Lipinski definition) is 2. The number of halogens is 1. The Bertz CT molecular complexity index is 433. The fourth-order valence-electron chi connectivity index (χ4n) is 1.91. The highest BCUT2D eigenvalue weighted by molar-refractivity contribution is 5.65. The summed E-state index contributed by atoms with van der Waals surface area (Å²) in [6, 6.07) is 2.93. The van der Waals surface area contributed by atoms with E-state index >= 15 is 0 Å². The van der Waals surface area contributed by atoms with Crippen LogP contribution in [0.15, 0.2) is 12.1 Å². The first kappa shape index (κ1) is 10.9. The summed E-state index contributed by atoms with van der Waals surface area (Å²) >= 11 is 0. The van der Waals surface area contributed by atoms with Gasteiger partial charge in [0.25, 0.3) is 0 Å². The van der Waals surface area contributed by atoms with Crippen LogP contribution in [-0.2, 0) is 19.6 Å². The molecule has 16 heavy (non-hydrogen) atoms. The number of fused-ring (bicyclic) bond motifs is 1. The van der Waals surface area contributed by atoms with E-state index in [2.05, 4.69) is 0 Å². The number of nitrogens with zero attached hydrogens (tertiary/aromatic N) is 1. The number of rotatable bonds is 1. The van der Waals surface area contributed by atoms with Crippen molar-refractivity contribution in [3.63, 3.8) is 0 Å². The molecule has 0 saturated carbocycles. The molecule has 5 heteroatoms. The van der Waals surface area contributed by atoms with Gasteiger partial charge in [-0.15, -0.1) is 0 Å². The molecule has 0 aliphatic carbocycles. The lowest BCUT2D eigenvalue weighted by atomic mass is 9.97. The molecule has 1 aliphatic heterocycles. The molecule has 0 radical (unpaired) electrons. The standard InChI is InChI=1S/C11H12FNO3/c12-10-4-7-1-2-13(11(15)16)5-8(7)3-9(10)6-14/h3-4,14H,1-2,5-6H2,(H,15,16). The van der Waals surface area contributed by atoms with Crippen molar-refractivity contribution >= 4 is 6.09 Å². The van der Waals surface area contributed by atoms with Gasteiger partial charge in [-0.25, -0.2) is 9.18 Å². The molecule has 4 nitrogen and oxygen atoms in total. The topological polar surface area (TPSA) is 60.8 Å². The van der Waals surface area contributed by atoms with E-state index in [0.29, 0.717) is 13.0 Å². The zero-order valence-electron chi connectivity index (χ0n) is 8.61. The normalized spacial score (nSPS) is 14.8. The van der Waals surface area contributed by atoms with Crippen LogP contribution in [0.3, 0.4) is 0 Å². The molecule has 0 unspecified atom stereocenters. The Morgan fingerprint density at radius 2 is 2.19 bits per heavy atom. The van der Waals surface area contributed by atoms with Crippen molar-refractivity contribution in [3.05, 3.63) is 34.6 Å². The van der Waals surface area contributed by atoms with Crippen molar-refractivity contribution < 1.29 is 19.4 Å². The molecule has 1 aromatic carbocycles. The smallest absolute Gasteiger partial charge is 0.407 e. The van der Waals surface area contributed by atoms with E-state index in [-0.39, 0.29) is 18.7 Å². The van der Waals surface area contributed by atoms with Crippen molar-refractivity contribution in [2.45, 2.75) is 19.6 Å². The maximum Gasteiger partial charge on any atom is 0.407 e. The summed E-state index contributed by atoms with van der Waals surface area (Å²) < 4.78 is 13.3. The number of hydrogen-bond acceptors (Lipinski definition) is 2. The van der Waals surface area contributed by atoms with Crippen molar-refractivity contribution in [2.24, 2.45) is 0 Å². The Kier molecular flexibility index (Phi) is 2.78. The van der Waals surface area contributed by atoms with Crippen LogP contribution in [0.2, 0.25) is 0 Å². The van der Waals surface area contributed by atoms with E-state index < -0.39 is 11.9 Å². The average Bonchev–Trinajstić information content (AvgIpc) is 2.27. The van der Waals surface area contributed by atoms with Gasteiger partial charge in [0.2, 0.25) is 0 Å². The SMILES string of the molecule is O=C(O)N1CCc2cc(F)c(CO)cc2C1. The van der Waals surface area contributed by atoms with Gasteiger partial charge < -0.3 is 15.1 Å². The van der Waals surface area contributed by atoms with E-state index in [1.807, 2.05) is 0 Å². The molecule has 1 amide bonds. The number of amides is 1. The van der Waals surface area contributed by atoms with Gasteiger partial charge in [0.05, 0.1) is 6.61 Å². The van der Waals surface area contributed by atoms with Crippen molar-refractivity contribution in [3.8, 4) is 0 Å². The monoisotopic (exact) mass is 225 g/mol. The Balaban J connectivity index is 2.34. The second-order valence-electron chi connectivity index (χ2n) is 3.82. The molecule has 1 aliphatic rings. The number of carboxylic acid groups (broad SMARTS) is 1. The lowest BCUT2D eigenvalue weighted by molar-refractivity contribution is 0.140. The van der Waals surface area contributed by atoms with E-state index in [0.717, 1.165) is 11.1 Å². The molecule has 2 N–H and O–H groups in total. The summed E-state index contributed by atoms with van der Waals surface area (Å²) in [5.41, 5.74) is 1.82. The summed E-state index contributed by atoms with van der Waals surface area (Å²) in [4.78, 5) is 12.1. The first-order chi connectivity index (χ1) is 7.61. The number of aliphatic hydroxyl groups is 1. The van der Waals surface area contributed by atoms with Crippen LogP contribution < -0.4 is 0 Å². The average molecular weight is 225 g/mol. The molecule has 86 valence electrons. The molecule has 2 rings (SSSR count). The third-order valence-electron chi connectivity index (χ3n) is 2.82. The third kappa shape index (κ3) is 1.86. The van der Waals surface area contributed by atoms with Crippen LogP contribution >= 0.6 is 0 Å². The van der Waals surface area contributed by atoms with Gasteiger partial charge in [-0.3, -0.25) is 0 Å². The zero-order valence-corrected chi connectivity index (χ0v) is 8.61. The molecule has 0 fully saturated rings. The number of aliphatic hydroxyl groups excluding tert-OH is 1. The van der Waals surface area contributed by atoms with Crippen molar-refractivity contribution in [2.75, 3.05) is 6.54 Å². The molecular formula is C11H12FNO3. The van der Waals surface area contributed by atoms with Crippen LogP contribution in [0.5, 0.6) is 0 Å². The number of carbonyl (C=O) groups is 1. The highest BCUT2D eigenvalue weighted by atomic mass is 19.1. The maximum atomic E-state index is 13.3. The van der Waals surface area contributed by atoms with Gasteiger partial charge in [0.1, 0.15) is 5.82 Å². The van der Waals surface area contributed by atoms with Crippen LogP contribution in [0.4, 0.5) is 9.18 Å². The molecule has 0 saturated heterocycles. The Morgan fingerprint density at radius 1 is 1.44 bits per heavy atom. The maximum absolute atomic E-state index is 13.3. The Labute approximate surface area is 91.9 Å². The highest BCUT2D eigenvalue weighted by Crippen LogP contribution is 2.22. The van der Waals surface area contributed by atoms with E-state index in [1.54, 1.807) is 6.07 Å². The largest absolute Gasteiger partial charge is 0.465 e. The van der Waals surface area contributed by atoms with Gasteiger partial charge in [0, 0.05) is 18.7 Å². The van der Waals surface area contributed by atoms with Crippen molar-refractivity contribution in [1.29, 1.82) is 0 Å². The minimum absolute atomic E-state index is 0.214. The molecule has 0 spiro atoms. The quantitative estimate of drug-likeness (QED) is 0.758. The van der Waals surface area contributed by atoms with Gasteiger partial charge in [-0.05, 0) is 29.7 Å².